The summed E-state index contributed by atoms with van der Waals surface area (Å²) in [6.07, 6.45) is 0. The van der Waals surface area contributed by atoms with E-state index in [1.807, 2.05) is 0 Å². The molecule has 0 unspecified atom stereocenters. The van der Waals surface area contributed by atoms with Crippen molar-refractivity contribution in [2.75, 3.05) is 45.4 Å². The van der Waals surface area contributed by atoms with Crippen LogP contribution in [0, 0.1) is 5.82 Å². The Balaban J connectivity index is 3.11. The van der Waals surface area contributed by atoms with Crippen LogP contribution in [0.5, 0.6) is 0 Å². The van der Waals surface area contributed by atoms with Gasteiger partial charge in [0.2, 0.25) is 5.91 Å². The van der Waals surface area contributed by atoms with Gasteiger partial charge in [-0.3, -0.25) is 4.79 Å². The van der Waals surface area contributed by atoms with E-state index in [0.29, 0.717) is 0 Å². The van der Waals surface area contributed by atoms with Gasteiger partial charge in [-0.15, -0.1) is 0 Å². The van der Waals surface area contributed by atoms with Gasteiger partial charge < -0.3 is 20.3 Å². The van der Waals surface area contributed by atoms with Gasteiger partial charge in [0.1, 0.15) is 5.82 Å². The van der Waals surface area contributed by atoms with Crippen LogP contribution in [0.2, 0.25) is 0 Å². The first-order chi connectivity index (χ1) is 9.27. The zero-order valence-electron chi connectivity index (χ0n) is 11.9. The highest BCUT2D eigenvalue weighted by molar-refractivity contribution is 5.96. The third kappa shape index (κ3) is 3.37. The second-order valence-electron chi connectivity index (χ2n) is 4.53. The summed E-state index contributed by atoms with van der Waals surface area (Å²) >= 11 is 0. The van der Waals surface area contributed by atoms with Gasteiger partial charge in [0.05, 0.1) is 24.9 Å². The number of rotatable bonds is 4. The van der Waals surface area contributed by atoms with Crippen molar-refractivity contribution < 1.29 is 18.7 Å². The Hall–Kier alpha value is -2.31. The van der Waals surface area contributed by atoms with Crippen LogP contribution in [0.4, 0.5) is 15.8 Å². The van der Waals surface area contributed by atoms with E-state index in [-0.39, 0.29) is 29.4 Å². The van der Waals surface area contributed by atoms with Gasteiger partial charge >= 0.3 is 5.97 Å². The summed E-state index contributed by atoms with van der Waals surface area (Å²) in [6, 6.07) is 2.32. The zero-order chi connectivity index (χ0) is 15.4. The molecule has 0 heterocycles. The summed E-state index contributed by atoms with van der Waals surface area (Å²) in [7, 11) is 5.98. The lowest BCUT2D eigenvalue weighted by atomic mass is 10.1. The van der Waals surface area contributed by atoms with Crippen molar-refractivity contribution in [1.82, 2.24) is 4.90 Å². The Morgan fingerprint density at radius 2 is 1.90 bits per heavy atom. The number of carbonyl (C=O) groups is 2. The Labute approximate surface area is 116 Å². The summed E-state index contributed by atoms with van der Waals surface area (Å²) in [5.41, 5.74) is 5.74. The van der Waals surface area contributed by atoms with E-state index >= 15 is 0 Å². The number of esters is 1. The van der Waals surface area contributed by atoms with Gasteiger partial charge in [-0.2, -0.15) is 0 Å². The summed E-state index contributed by atoms with van der Waals surface area (Å²) < 4.78 is 18.5. The minimum Gasteiger partial charge on any atom is -0.465 e. The minimum atomic E-state index is -0.656. The molecule has 20 heavy (non-hydrogen) atoms. The summed E-state index contributed by atoms with van der Waals surface area (Å²) in [4.78, 5) is 26.0. The smallest absolute Gasteiger partial charge is 0.340 e. The number of carbonyl (C=O) groups excluding carboxylic acids is 2. The van der Waals surface area contributed by atoms with Crippen molar-refractivity contribution in [3.63, 3.8) is 0 Å². The third-order valence-electron chi connectivity index (χ3n) is 2.81. The van der Waals surface area contributed by atoms with Crippen LogP contribution in [0.15, 0.2) is 12.1 Å². The first kappa shape index (κ1) is 15.7. The van der Waals surface area contributed by atoms with Crippen molar-refractivity contribution in [2.24, 2.45) is 0 Å². The molecule has 110 valence electrons. The molecule has 0 atom stereocenters. The molecule has 1 aromatic rings. The first-order valence-corrected chi connectivity index (χ1v) is 5.86. The van der Waals surface area contributed by atoms with Crippen LogP contribution in [0.1, 0.15) is 10.4 Å². The second kappa shape index (κ2) is 6.23. The van der Waals surface area contributed by atoms with Gasteiger partial charge in [0.15, 0.2) is 0 Å². The number of nitrogens with two attached hydrogens (primary N) is 1. The molecule has 0 aliphatic heterocycles. The van der Waals surface area contributed by atoms with E-state index in [1.165, 1.54) is 23.0 Å². The molecule has 1 rings (SSSR count). The molecule has 0 aliphatic carbocycles. The largest absolute Gasteiger partial charge is 0.465 e. The lowest BCUT2D eigenvalue weighted by molar-refractivity contribution is -0.127. The van der Waals surface area contributed by atoms with E-state index in [4.69, 9.17) is 5.73 Å². The number of hydrogen-bond donors (Lipinski definition) is 1. The van der Waals surface area contributed by atoms with Crippen LogP contribution < -0.4 is 10.6 Å². The Bertz CT molecular complexity index is 532. The molecule has 6 nitrogen and oxygen atoms in total. The van der Waals surface area contributed by atoms with Crippen LogP contribution in [-0.2, 0) is 9.53 Å². The van der Waals surface area contributed by atoms with Crippen molar-refractivity contribution in [3.05, 3.63) is 23.5 Å². The molecule has 0 fully saturated rings. The average molecular weight is 283 g/mol. The standard InChI is InChI=1S/C13H18FN3O3/c1-16(2)12(18)7-17(3)11-5-8(13(19)20-4)10(15)6-9(11)14/h5-6H,7,15H2,1-4H3. The molecule has 0 bridgehead atoms. The predicted octanol–water partition coefficient (Wildman–Crippen LogP) is 0.719. The van der Waals surface area contributed by atoms with E-state index in [2.05, 4.69) is 4.74 Å². The molecule has 0 spiro atoms. The van der Waals surface area contributed by atoms with Crippen LogP contribution >= 0.6 is 0 Å². The molecular formula is C13H18FN3O3. The predicted molar refractivity (Wildman–Crippen MR) is 74.1 cm³/mol. The Morgan fingerprint density at radius 1 is 1.30 bits per heavy atom. The summed E-state index contributed by atoms with van der Waals surface area (Å²) in [5.74, 6) is -1.45. The van der Waals surface area contributed by atoms with Crippen molar-refractivity contribution in [2.45, 2.75) is 0 Å². The van der Waals surface area contributed by atoms with Gasteiger partial charge in [0, 0.05) is 26.8 Å². The highest BCUT2D eigenvalue weighted by atomic mass is 19.1. The number of ether oxygens (including phenoxy) is 1. The van der Waals surface area contributed by atoms with Gasteiger partial charge in [-0.25, -0.2) is 9.18 Å². The summed E-state index contributed by atoms with van der Waals surface area (Å²) in [6.45, 7) is -0.0194. The number of anilines is 2. The number of likely N-dealkylation sites (N-methyl/N-ethyl adjacent to an activating group) is 2. The number of hydrogen-bond acceptors (Lipinski definition) is 5. The zero-order valence-corrected chi connectivity index (χ0v) is 11.9. The molecule has 0 aromatic heterocycles. The fourth-order valence-corrected chi connectivity index (χ4v) is 1.59. The molecule has 0 aliphatic rings. The quantitative estimate of drug-likeness (QED) is 0.651. The fourth-order valence-electron chi connectivity index (χ4n) is 1.59. The van der Waals surface area contributed by atoms with Gasteiger partial charge in [-0.05, 0) is 12.1 Å². The fraction of sp³-hybridized carbons (Fsp3) is 0.385. The highest BCUT2D eigenvalue weighted by Crippen LogP contribution is 2.25. The second-order valence-corrected chi connectivity index (χ2v) is 4.53. The molecule has 7 heteroatoms. The molecular weight excluding hydrogens is 265 g/mol. The van der Waals surface area contributed by atoms with E-state index < -0.39 is 11.8 Å². The van der Waals surface area contributed by atoms with Crippen molar-refractivity contribution in [3.8, 4) is 0 Å². The summed E-state index contributed by atoms with van der Waals surface area (Å²) in [5, 5.41) is 0. The SMILES string of the molecule is COC(=O)c1cc(N(C)CC(=O)N(C)C)c(F)cc1N. The molecule has 2 N–H and O–H groups in total. The number of nitrogen functional groups attached to an aromatic ring is 1. The van der Waals surface area contributed by atoms with Gasteiger partial charge in [0.25, 0.3) is 0 Å². The van der Waals surface area contributed by atoms with E-state index in [0.717, 1.165) is 6.07 Å². The monoisotopic (exact) mass is 283 g/mol. The maximum absolute atomic E-state index is 13.9. The average Bonchev–Trinajstić information content (AvgIpc) is 2.37. The number of benzene rings is 1. The Morgan fingerprint density at radius 3 is 2.40 bits per heavy atom. The van der Waals surface area contributed by atoms with Crippen LogP contribution in [-0.4, -0.2) is 51.6 Å². The minimum absolute atomic E-state index is 0.00886. The molecule has 0 radical (unpaired) electrons. The highest BCUT2D eigenvalue weighted by Gasteiger charge is 2.18. The lowest BCUT2D eigenvalue weighted by Gasteiger charge is -2.22. The maximum atomic E-state index is 13.9. The first-order valence-electron chi connectivity index (χ1n) is 5.86. The maximum Gasteiger partial charge on any atom is 0.340 e. The van der Waals surface area contributed by atoms with Gasteiger partial charge in [-0.1, -0.05) is 0 Å². The molecule has 1 amide bonds. The number of halogens is 1. The van der Waals surface area contributed by atoms with Crippen molar-refractivity contribution >= 4 is 23.3 Å². The molecule has 1 aromatic carbocycles. The topological polar surface area (TPSA) is 75.9 Å². The van der Waals surface area contributed by atoms with E-state index in [9.17, 15) is 14.0 Å². The van der Waals surface area contributed by atoms with Crippen LogP contribution in [0.3, 0.4) is 0 Å². The lowest BCUT2D eigenvalue weighted by Crippen LogP contribution is -2.34. The van der Waals surface area contributed by atoms with Crippen LogP contribution in [0.25, 0.3) is 0 Å². The number of methoxy groups -OCH3 is 1. The normalized spacial score (nSPS) is 10.1. The Kier molecular flexibility index (Phi) is 4.90. The van der Waals surface area contributed by atoms with Crippen molar-refractivity contribution in [1.29, 1.82) is 0 Å². The van der Waals surface area contributed by atoms with E-state index in [1.54, 1.807) is 21.1 Å². The third-order valence-corrected chi connectivity index (χ3v) is 2.81. The molecule has 0 saturated heterocycles. The number of amides is 1. The molecule has 0 saturated carbocycles. The number of nitrogens with zero attached hydrogens (tertiary/aromatic N) is 2.